The van der Waals surface area contributed by atoms with Gasteiger partial charge in [0.2, 0.25) is 0 Å². The van der Waals surface area contributed by atoms with Crippen molar-refractivity contribution in [2.45, 2.75) is 26.2 Å². The van der Waals surface area contributed by atoms with E-state index in [0.717, 1.165) is 54.4 Å². The van der Waals surface area contributed by atoms with Crippen LogP contribution in [0.5, 0.6) is 11.5 Å². The van der Waals surface area contributed by atoms with Crippen LogP contribution in [0.4, 0.5) is 10.1 Å². The number of fused-ring (bicyclic) bond motifs is 5. The molecular formula is C30H26FN3O3. The molecule has 7 rings (SSSR count). The van der Waals surface area contributed by atoms with E-state index in [0.29, 0.717) is 46.1 Å². The number of nitrogens with one attached hydrogen (secondary N) is 1. The van der Waals surface area contributed by atoms with Crippen molar-refractivity contribution in [3.63, 3.8) is 0 Å². The molecule has 1 saturated heterocycles. The van der Waals surface area contributed by atoms with E-state index >= 15 is 4.39 Å². The summed E-state index contributed by atoms with van der Waals surface area (Å²) in [5.41, 5.74) is 3.84. The first-order valence-corrected chi connectivity index (χ1v) is 12.8. The zero-order valence-corrected chi connectivity index (χ0v) is 20.6. The number of hydrogen-bond donors (Lipinski definition) is 1. The molecule has 0 atom stereocenters. The second-order valence-electron chi connectivity index (χ2n) is 9.79. The monoisotopic (exact) mass is 495 g/mol. The average Bonchev–Trinajstić information content (AvgIpc) is 3.55. The number of ether oxygens (including phenoxy) is 1. The van der Waals surface area contributed by atoms with Gasteiger partial charge in [0.25, 0.3) is 0 Å². The summed E-state index contributed by atoms with van der Waals surface area (Å²) in [6, 6.07) is 13.1. The van der Waals surface area contributed by atoms with Crippen LogP contribution in [-0.4, -0.2) is 24.2 Å². The molecule has 0 amide bonds. The Hall–Kier alpha value is -4.26. The number of halogens is 1. The molecule has 2 aromatic heterocycles. The Morgan fingerprint density at radius 3 is 2.70 bits per heavy atom. The van der Waals surface area contributed by atoms with Gasteiger partial charge < -0.3 is 23.9 Å². The van der Waals surface area contributed by atoms with Crippen molar-refractivity contribution in [2.75, 3.05) is 24.5 Å². The minimum absolute atomic E-state index is 0.266. The third kappa shape index (κ3) is 3.19. The Morgan fingerprint density at radius 1 is 1.08 bits per heavy atom. The van der Waals surface area contributed by atoms with Crippen LogP contribution in [0.25, 0.3) is 44.2 Å². The van der Waals surface area contributed by atoms with E-state index in [2.05, 4.69) is 11.9 Å². The van der Waals surface area contributed by atoms with Gasteiger partial charge in [0.05, 0.1) is 16.6 Å². The van der Waals surface area contributed by atoms with E-state index in [1.807, 2.05) is 52.8 Å². The van der Waals surface area contributed by atoms with Crippen molar-refractivity contribution in [2.24, 2.45) is 0 Å². The van der Waals surface area contributed by atoms with Crippen molar-refractivity contribution in [1.82, 2.24) is 9.88 Å². The summed E-state index contributed by atoms with van der Waals surface area (Å²) in [7, 11) is 0. The summed E-state index contributed by atoms with van der Waals surface area (Å²) < 4.78 is 30.3. The second kappa shape index (κ2) is 8.13. The van der Waals surface area contributed by atoms with Gasteiger partial charge in [-0.1, -0.05) is 31.7 Å². The lowest BCUT2D eigenvalue weighted by Gasteiger charge is -2.29. The third-order valence-electron chi connectivity index (χ3n) is 7.44. The number of anilines is 1. The molecule has 5 aromatic rings. The standard InChI is InChI=1S/C30H26FN3O3/c1-3-10-32-17(2)21-16-34-23-15-25-19(18-8-4-5-9-24(18)36-25)14-26(23)37-30-27(34)20(29(21)35)13-22(31)28(30)33-11-6-7-12-33/h4-5,8-9,13-16,32H,2-3,6-7,10-12H2,1H3. The number of furan rings is 1. The maximum Gasteiger partial charge on any atom is 0.198 e. The molecular weight excluding hydrogens is 469 g/mol. The van der Waals surface area contributed by atoms with Crippen LogP contribution in [0, 0.1) is 5.82 Å². The fourth-order valence-electron chi connectivity index (χ4n) is 5.64. The lowest BCUT2D eigenvalue weighted by molar-refractivity contribution is 0.469. The molecule has 4 heterocycles. The molecule has 0 radical (unpaired) electrons. The van der Waals surface area contributed by atoms with Crippen molar-refractivity contribution >= 4 is 44.2 Å². The van der Waals surface area contributed by atoms with Gasteiger partial charge in [0, 0.05) is 48.4 Å². The smallest absolute Gasteiger partial charge is 0.198 e. The number of pyridine rings is 1. The van der Waals surface area contributed by atoms with E-state index in [1.54, 1.807) is 6.20 Å². The van der Waals surface area contributed by atoms with Gasteiger partial charge in [-0.3, -0.25) is 4.79 Å². The Bertz CT molecular complexity index is 1810. The molecule has 1 N–H and O–H groups in total. The number of benzene rings is 3. The topological polar surface area (TPSA) is 59.6 Å². The molecule has 37 heavy (non-hydrogen) atoms. The molecule has 0 spiro atoms. The van der Waals surface area contributed by atoms with E-state index < -0.39 is 5.82 Å². The molecule has 0 bridgehead atoms. The van der Waals surface area contributed by atoms with Gasteiger partial charge in [-0.25, -0.2) is 4.39 Å². The van der Waals surface area contributed by atoms with Gasteiger partial charge in [-0.2, -0.15) is 0 Å². The maximum absolute atomic E-state index is 15.8. The summed E-state index contributed by atoms with van der Waals surface area (Å²) in [4.78, 5) is 15.7. The van der Waals surface area contributed by atoms with Crippen molar-refractivity contribution in [3.05, 3.63) is 76.8 Å². The predicted molar refractivity (Wildman–Crippen MR) is 146 cm³/mol. The van der Waals surface area contributed by atoms with Gasteiger partial charge in [-0.05, 0) is 37.5 Å². The maximum atomic E-state index is 15.8. The number of aromatic nitrogens is 1. The Labute approximate surface area is 212 Å². The van der Waals surface area contributed by atoms with Crippen LogP contribution < -0.4 is 20.4 Å². The molecule has 186 valence electrons. The molecule has 1 fully saturated rings. The lowest BCUT2D eigenvalue weighted by Crippen LogP contribution is -2.24. The Kier molecular flexibility index (Phi) is 4.83. The summed E-state index contributed by atoms with van der Waals surface area (Å²) in [5, 5.41) is 5.39. The minimum Gasteiger partial charge on any atom is -0.456 e. The molecule has 0 unspecified atom stereocenters. The molecule has 2 aliphatic rings. The molecule has 6 nitrogen and oxygen atoms in total. The van der Waals surface area contributed by atoms with Crippen molar-refractivity contribution < 1.29 is 13.5 Å². The molecule has 0 saturated carbocycles. The van der Waals surface area contributed by atoms with Crippen LogP contribution >= 0.6 is 0 Å². The Balaban J connectivity index is 1.56. The van der Waals surface area contributed by atoms with E-state index in [1.165, 1.54) is 6.07 Å². The highest BCUT2D eigenvalue weighted by Crippen LogP contribution is 2.49. The first-order chi connectivity index (χ1) is 18.0. The highest BCUT2D eigenvalue weighted by atomic mass is 19.1. The van der Waals surface area contributed by atoms with Crippen LogP contribution in [-0.2, 0) is 0 Å². The van der Waals surface area contributed by atoms with Gasteiger partial charge in [0.15, 0.2) is 22.7 Å². The minimum atomic E-state index is -0.449. The van der Waals surface area contributed by atoms with Crippen LogP contribution in [0.1, 0.15) is 31.7 Å². The lowest BCUT2D eigenvalue weighted by atomic mass is 10.0. The largest absolute Gasteiger partial charge is 0.456 e. The first kappa shape index (κ1) is 22.0. The van der Waals surface area contributed by atoms with Crippen LogP contribution in [0.2, 0.25) is 0 Å². The number of rotatable bonds is 5. The zero-order valence-electron chi connectivity index (χ0n) is 20.6. The molecule has 3 aromatic carbocycles. The average molecular weight is 496 g/mol. The predicted octanol–water partition coefficient (Wildman–Crippen LogP) is 6.71. The molecule has 0 aliphatic carbocycles. The Morgan fingerprint density at radius 2 is 1.89 bits per heavy atom. The van der Waals surface area contributed by atoms with Crippen molar-refractivity contribution in [1.29, 1.82) is 0 Å². The summed E-state index contributed by atoms with van der Waals surface area (Å²) >= 11 is 0. The first-order valence-electron chi connectivity index (χ1n) is 12.8. The van der Waals surface area contributed by atoms with Crippen LogP contribution in [0.3, 0.4) is 0 Å². The summed E-state index contributed by atoms with van der Waals surface area (Å²) in [6.07, 6.45) is 4.66. The quantitative estimate of drug-likeness (QED) is 0.288. The molecule has 7 heteroatoms. The second-order valence-corrected chi connectivity index (χ2v) is 9.79. The fourth-order valence-corrected chi connectivity index (χ4v) is 5.64. The highest BCUT2D eigenvalue weighted by Gasteiger charge is 2.31. The highest BCUT2D eigenvalue weighted by molar-refractivity contribution is 6.07. The fraction of sp³-hybridized carbons (Fsp3) is 0.233. The summed E-state index contributed by atoms with van der Waals surface area (Å²) in [5.74, 6) is 0.517. The normalized spacial score (nSPS) is 14.4. The summed E-state index contributed by atoms with van der Waals surface area (Å²) in [6.45, 7) is 8.33. The van der Waals surface area contributed by atoms with Gasteiger partial charge in [-0.15, -0.1) is 0 Å². The number of para-hydroxylation sites is 1. The van der Waals surface area contributed by atoms with E-state index in [4.69, 9.17) is 9.15 Å². The zero-order chi connectivity index (χ0) is 25.3. The molecule has 2 aliphatic heterocycles. The van der Waals surface area contributed by atoms with Crippen molar-refractivity contribution in [3.8, 4) is 17.2 Å². The van der Waals surface area contributed by atoms with Crippen LogP contribution in [0.15, 0.2) is 64.5 Å². The van der Waals surface area contributed by atoms with E-state index in [9.17, 15) is 4.79 Å². The number of nitrogens with zero attached hydrogens (tertiary/aromatic N) is 2. The number of hydrogen-bond acceptors (Lipinski definition) is 5. The SMILES string of the molecule is C=C(NCCC)c1cn2c3c(c(N4CCCC4)c(F)cc3c1=O)Oc1cc3c(cc1-2)oc1ccccc13. The van der Waals surface area contributed by atoms with Gasteiger partial charge in [0.1, 0.15) is 22.4 Å². The van der Waals surface area contributed by atoms with Gasteiger partial charge >= 0.3 is 0 Å². The third-order valence-corrected chi connectivity index (χ3v) is 7.44. The van der Waals surface area contributed by atoms with E-state index in [-0.39, 0.29) is 10.8 Å².